The highest BCUT2D eigenvalue weighted by atomic mass is 16.4. The van der Waals surface area contributed by atoms with Crippen LogP contribution in [0.15, 0.2) is 0 Å². The predicted molar refractivity (Wildman–Crippen MR) is 32.2 cm³/mol. The summed E-state index contributed by atoms with van der Waals surface area (Å²) in [4.78, 5) is 0. The van der Waals surface area contributed by atoms with E-state index in [-0.39, 0.29) is 0 Å². The molecule has 3 atom stereocenters. The Bertz CT molecular complexity index is 76.1. The smallest absolute Gasteiger partial charge is 0.110 e. The van der Waals surface area contributed by atoms with E-state index in [1.165, 1.54) is 0 Å². The van der Waals surface area contributed by atoms with Gasteiger partial charge < -0.3 is 25.5 Å². The molecule has 5 heteroatoms. The molecule has 0 bridgehead atoms. The first-order chi connectivity index (χ1) is 4.63. The minimum Gasteiger partial charge on any atom is -0.394 e. The molecule has 0 spiro atoms. The van der Waals surface area contributed by atoms with Crippen molar-refractivity contribution in [2.24, 2.45) is 0 Å². The molecule has 0 heterocycles. The molecule has 0 aliphatic rings. The minimum atomic E-state index is -1.49. The van der Waals surface area contributed by atoms with E-state index in [0.29, 0.717) is 0 Å². The van der Waals surface area contributed by atoms with Crippen LogP contribution in [0, 0.1) is 0 Å². The van der Waals surface area contributed by atoms with E-state index in [4.69, 9.17) is 25.5 Å². The first kappa shape index (κ1) is 9.80. The van der Waals surface area contributed by atoms with Gasteiger partial charge in [0.05, 0.1) is 13.2 Å². The van der Waals surface area contributed by atoms with Gasteiger partial charge in [-0.15, -0.1) is 0 Å². The van der Waals surface area contributed by atoms with E-state index in [1.54, 1.807) is 0 Å². The van der Waals surface area contributed by atoms with Crippen molar-refractivity contribution in [1.82, 2.24) is 0 Å². The van der Waals surface area contributed by atoms with E-state index in [9.17, 15) is 0 Å². The maximum Gasteiger partial charge on any atom is 0.110 e. The number of hydrogen-bond donors (Lipinski definition) is 5. The van der Waals surface area contributed by atoms with Crippen molar-refractivity contribution in [3.63, 3.8) is 0 Å². The molecule has 0 saturated heterocycles. The second-order valence-corrected chi connectivity index (χ2v) is 1.99. The Morgan fingerprint density at radius 2 is 1.10 bits per heavy atom. The molecule has 10 heavy (non-hydrogen) atoms. The van der Waals surface area contributed by atoms with E-state index >= 15 is 0 Å². The molecule has 0 aromatic carbocycles. The maximum absolute atomic E-state index is 8.77. The van der Waals surface area contributed by atoms with Crippen LogP contribution in [0.1, 0.15) is 0 Å². The van der Waals surface area contributed by atoms with E-state index in [0.717, 1.165) is 0 Å². The van der Waals surface area contributed by atoms with Gasteiger partial charge in [0.1, 0.15) is 18.3 Å². The second-order valence-electron chi connectivity index (χ2n) is 1.99. The number of rotatable bonds is 4. The van der Waals surface area contributed by atoms with Gasteiger partial charge in [-0.1, -0.05) is 0 Å². The van der Waals surface area contributed by atoms with Gasteiger partial charge in [-0.25, -0.2) is 0 Å². The van der Waals surface area contributed by atoms with Crippen molar-refractivity contribution in [2.45, 2.75) is 18.3 Å². The quantitative estimate of drug-likeness (QED) is 0.278. The van der Waals surface area contributed by atoms with Gasteiger partial charge in [-0.3, -0.25) is 0 Å². The van der Waals surface area contributed by atoms with Crippen molar-refractivity contribution < 1.29 is 25.5 Å². The number of aliphatic hydroxyl groups is 5. The normalized spacial score (nSPS) is 20.1. The molecule has 5 N–H and O–H groups in total. The zero-order chi connectivity index (χ0) is 8.15. The minimum absolute atomic E-state index is 0.641. The van der Waals surface area contributed by atoms with E-state index in [1.807, 2.05) is 0 Å². The standard InChI is InChI=1S/C5H12O5/c6-1-3(8)5(10)4(9)2-7/h3-10H,1-2H2/t3-,4+,5+/i3+1/m1/s1. The van der Waals surface area contributed by atoms with Crippen LogP contribution in [0.5, 0.6) is 0 Å². The Labute approximate surface area is 58.2 Å². The Hall–Kier alpha value is -0.200. The lowest BCUT2D eigenvalue weighted by atomic mass is 10.3. The fourth-order valence-electron chi connectivity index (χ4n) is 0.472. The average Bonchev–Trinajstić information content (AvgIpc) is 2.00. The third-order valence-corrected chi connectivity index (χ3v) is 1.16. The molecule has 0 fully saturated rings. The third-order valence-electron chi connectivity index (χ3n) is 1.16. The number of aliphatic hydroxyl groups excluding tert-OH is 5. The van der Waals surface area contributed by atoms with Crippen molar-refractivity contribution in [3.05, 3.63) is 0 Å². The van der Waals surface area contributed by atoms with Crippen LogP contribution in [0.4, 0.5) is 0 Å². The van der Waals surface area contributed by atoms with Gasteiger partial charge in [0.2, 0.25) is 0 Å². The molecule has 0 aromatic heterocycles. The SMILES string of the molecule is OC[C@H](O)[C@@H](O)[13C@H](O)CO. The molecular weight excluding hydrogens is 141 g/mol. The molecule has 0 amide bonds. The van der Waals surface area contributed by atoms with Gasteiger partial charge in [0.25, 0.3) is 0 Å². The molecule has 5 nitrogen and oxygen atoms in total. The van der Waals surface area contributed by atoms with Crippen LogP contribution in [-0.4, -0.2) is 57.1 Å². The van der Waals surface area contributed by atoms with E-state index < -0.39 is 31.5 Å². The predicted octanol–water partition coefficient (Wildman–Crippen LogP) is -2.95. The van der Waals surface area contributed by atoms with Crippen molar-refractivity contribution in [2.75, 3.05) is 13.2 Å². The van der Waals surface area contributed by atoms with Crippen LogP contribution >= 0.6 is 0 Å². The summed E-state index contributed by atoms with van der Waals surface area (Å²) in [5.74, 6) is 0. The highest BCUT2D eigenvalue weighted by Crippen LogP contribution is 1.97. The zero-order valence-corrected chi connectivity index (χ0v) is 5.38. The zero-order valence-electron chi connectivity index (χ0n) is 5.38. The molecule has 0 rings (SSSR count). The van der Waals surface area contributed by atoms with Crippen molar-refractivity contribution in [1.29, 1.82) is 0 Å². The third kappa shape index (κ3) is 2.59. The molecule has 0 saturated carbocycles. The van der Waals surface area contributed by atoms with Crippen LogP contribution in [-0.2, 0) is 0 Å². The fourth-order valence-corrected chi connectivity index (χ4v) is 0.472. The Balaban J connectivity index is 3.69. The highest BCUT2D eigenvalue weighted by molar-refractivity contribution is 4.73. The van der Waals surface area contributed by atoms with Crippen molar-refractivity contribution >= 4 is 0 Å². The number of hydrogen-bond acceptors (Lipinski definition) is 5. The first-order valence-electron chi connectivity index (χ1n) is 2.89. The fraction of sp³-hybridized carbons (Fsp3) is 1.00. The summed E-state index contributed by atoms with van der Waals surface area (Å²) in [7, 11) is 0. The lowest BCUT2D eigenvalue weighted by Crippen LogP contribution is -2.41. The van der Waals surface area contributed by atoms with Gasteiger partial charge in [-0.05, 0) is 0 Å². The summed E-state index contributed by atoms with van der Waals surface area (Å²) < 4.78 is 0. The molecule has 0 aliphatic carbocycles. The highest BCUT2D eigenvalue weighted by Gasteiger charge is 2.22. The lowest BCUT2D eigenvalue weighted by molar-refractivity contribution is -0.0900. The summed E-state index contributed by atoms with van der Waals surface area (Å²) in [5, 5.41) is 42.6. The molecular formula is C5H12O5. The van der Waals surface area contributed by atoms with Crippen LogP contribution in [0.25, 0.3) is 0 Å². The van der Waals surface area contributed by atoms with Crippen molar-refractivity contribution in [3.8, 4) is 0 Å². The van der Waals surface area contributed by atoms with Gasteiger partial charge >= 0.3 is 0 Å². The second kappa shape index (κ2) is 4.59. The van der Waals surface area contributed by atoms with Crippen LogP contribution in [0.2, 0.25) is 0 Å². The van der Waals surface area contributed by atoms with Gasteiger partial charge in [0, 0.05) is 0 Å². The molecule has 0 radical (unpaired) electrons. The van der Waals surface area contributed by atoms with E-state index in [2.05, 4.69) is 0 Å². The average molecular weight is 153 g/mol. The molecule has 0 aliphatic heterocycles. The summed E-state index contributed by atoms with van der Waals surface area (Å²) in [6, 6.07) is 0. The summed E-state index contributed by atoms with van der Waals surface area (Å²) in [5.41, 5.74) is 0. The lowest BCUT2D eigenvalue weighted by Gasteiger charge is -2.19. The van der Waals surface area contributed by atoms with Crippen LogP contribution < -0.4 is 0 Å². The summed E-state index contributed by atoms with van der Waals surface area (Å²) in [6.45, 7) is -1.28. The van der Waals surface area contributed by atoms with Gasteiger partial charge in [0.15, 0.2) is 0 Å². The summed E-state index contributed by atoms with van der Waals surface area (Å²) >= 11 is 0. The van der Waals surface area contributed by atoms with Crippen LogP contribution in [0.3, 0.4) is 0 Å². The Morgan fingerprint density at radius 3 is 1.30 bits per heavy atom. The Kier molecular flexibility index (Phi) is 4.50. The largest absolute Gasteiger partial charge is 0.394 e. The van der Waals surface area contributed by atoms with Gasteiger partial charge in [-0.2, -0.15) is 0 Å². The molecule has 0 aromatic rings. The maximum atomic E-state index is 8.77. The first-order valence-corrected chi connectivity index (χ1v) is 2.89. The molecule has 62 valence electrons. The molecule has 0 unspecified atom stereocenters. The monoisotopic (exact) mass is 153 g/mol. The summed E-state index contributed by atoms with van der Waals surface area (Å²) in [6.07, 6.45) is -4.29. The topological polar surface area (TPSA) is 101 Å². The Morgan fingerprint density at radius 1 is 0.800 bits per heavy atom.